The monoisotopic (exact) mass is 328 g/mol. The zero-order valence-electron chi connectivity index (χ0n) is 14.8. The number of aliphatic carboxylic acids is 1. The fraction of sp³-hybridized carbons (Fsp3) is 0.824. The summed E-state index contributed by atoms with van der Waals surface area (Å²) in [4.78, 5) is 36.4. The van der Waals surface area contributed by atoms with Gasteiger partial charge in [-0.05, 0) is 54.4 Å². The Labute approximate surface area is 137 Å². The van der Waals surface area contributed by atoms with Crippen molar-refractivity contribution >= 4 is 17.9 Å². The average molecular weight is 328 g/mol. The maximum absolute atomic E-state index is 12.3. The molecule has 0 aromatic carbocycles. The van der Waals surface area contributed by atoms with Crippen LogP contribution in [-0.4, -0.2) is 34.2 Å². The van der Waals surface area contributed by atoms with Gasteiger partial charge in [0, 0.05) is 0 Å². The Kier molecular flexibility index (Phi) is 5.83. The Morgan fingerprint density at radius 2 is 1.17 bits per heavy atom. The summed E-state index contributed by atoms with van der Waals surface area (Å²) >= 11 is 0. The van der Waals surface area contributed by atoms with Crippen LogP contribution in [0.2, 0.25) is 0 Å². The minimum absolute atomic E-state index is 0.408. The number of carbonyl (C=O) groups is 3. The Balaban J connectivity index is 2.99. The van der Waals surface area contributed by atoms with Crippen molar-refractivity contribution in [1.29, 1.82) is 0 Å². The van der Waals surface area contributed by atoms with E-state index >= 15 is 0 Å². The van der Waals surface area contributed by atoms with E-state index in [1.807, 2.05) is 0 Å². The van der Waals surface area contributed by atoms with Crippen LogP contribution in [0, 0.1) is 17.8 Å². The molecule has 0 radical (unpaired) electrons. The molecule has 2 atom stereocenters. The third-order valence-electron chi connectivity index (χ3n) is 3.60. The Hall–Kier alpha value is -1.59. The molecule has 0 heterocycles. The number of hydrogen-bond acceptors (Lipinski definition) is 5. The van der Waals surface area contributed by atoms with Crippen LogP contribution in [0.1, 0.15) is 60.8 Å². The van der Waals surface area contributed by atoms with Crippen molar-refractivity contribution in [3.63, 3.8) is 0 Å². The van der Waals surface area contributed by atoms with Gasteiger partial charge in [0.05, 0.1) is 17.8 Å². The molecular formula is C17H28O6. The minimum Gasteiger partial charge on any atom is -0.481 e. The predicted octanol–water partition coefficient (Wildman–Crippen LogP) is 2.79. The summed E-state index contributed by atoms with van der Waals surface area (Å²) < 4.78 is 10.7. The first kappa shape index (κ1) is 19.5. The minimum atomic E-state index is -1.16. The molecule has 0 aromatic rings. The quantitative estimate of drug-likeness (QED) is 0.801. The number of rotatable bonds is 3. The first-order valence-corrected chi connectivity index (χ1v) is 8.00. The standard InChI is InChI=1S/C17H28O6/c1-16(2,3)22-14(20)10-8-7-9-11(12(10)13(18)19)15(21)23-17(4,5)6/h10-12H,7-9H2,1-6H3,(H,18,19). The second-order valence-corrected chi connectivity index (χ2v) is 8.07. The highest BCUT2D eigenvalue weighted by Gasteiger charge is 2.47. The van der Waals surface area contributed by atoms with Crippen molar-refractivity contribution in [3.8, 4) is 0 Å². The third-order valence-corrected chi connectivity index (χ3v) is 3.60. The molecule has 0 aliphatic heterocycles. The molecule has 1 aliphatic carbocycles. The molecule has 1 aliphatic rings. The fourth-order valence-electron chi connectivity index (χ4n) is 2.83. The molecule has 0 spiro atoms. The molecule has 6 heteroatoms. The van der Waals surface area contributed by atoms with Crippen LogP contribution < -0.4 is 0 Å². The summed E-state index contributed by atoms with van der Waals surface area (Å²) in [5, 5.41) is 9.56. The van der Waals surface area contributed by atoms with Gasteiger partial charge in [0.1, 0.15) is 11.2 Å². The summed E-state index contributed by atoms with van der Waals surface area (Å²) in [7, 11) is 0. The maximum Gasteiger partial charge on any atom is 0.310 e. The van der Waals surface area contributed by atoms with Crippen LogP contribution in [0.15, 0.2) is 0 Å². The molecule has 2 unspecified atom stereocenters. The molecular weight excluding hydrogens is 300 g/mol. The molecule has 1 N–H and O–H groups in total. The zero-order valence-corrected chi connectivity index (χ0v) is 14.8. The second-order valence-electron chi connectivity index (χ2n) is 8.07. The zero-order chi connectivity index (χ0) is 18.0. The van der Waals surface area contributed by atoms with Gasteiger partial charge in [-0.1, -0.05) is 6.42 Å². The Morgan fingerprint density at radius 3 is 1.43 bits per heavy atom. The van der Waals surface area contributed by atoms with E-state index in [1.165, 1.54) is 0 Å². The number of carboxylic acids is 1. The van der Waals surface area contributed by atoms with Gasteiger partial charge in [0.15, 0.2) is 0 Å². The molecule has 23 heavy (non-hydrogen) atoms. The van der Waals surface area contributed by atoms with Gasteiger partial charge in [-0.2, -0.15) is 0 Å². The number of hydrogen-bond donors (Lipinski definition) is 1. The van der Waals surface area contributed by atoms with Crippen molar-refractivity contribution < 1.29 is 29.0 Å². The molecule has 1 saturated carbocycles. The number of esters is 2. The highest BCUT2D eigenvalue weighted by Crippen LogP contribution is 2.38. The number of ether oxygens (including phenoxy) is 2. The lowest BCUT2D eigenvalue weighted by atomic mass is 9.71. The van der Waals surface area contributed by atoms with Gasteiger partial charge in [0.2, 0.25) is 0 Å². The van der Waals surface area contributed by atoms with E-state index in [2.05, 4.69) is 0 Å². The lowest BCUT2D eigenvalue weighted by molar-refractivity contribution is -0.178. The molecule has 132 valence electrons. The van der Waals surface area contributed by atoms with E-state index in [0.29, 0.717) is 19.3 Å². The van der Waals surface area contributed by atoms with Crippen LogP contribution in [0.5, 0.6) is 0 Å². The van der Waals surface area contributed by atoms with E-state index in [9.17, 15) is 19.5 Å². The van der Waals surface area contributed by atoms with Gasteiger partial charge in [-0.25, -0.2) is 0 Å². The lowest BCUT2D eigenvalue weighted by Gasteiger charge is -2.35. The number of carboxylic acid groups (broad SMARTS) is 1. The van der Waals surface area contributed by atoms with Crippen LogP contribution >= 0.6 is 0 Å². The van der Waals surface area contributed by atoms with E-state index < -0.39 is 46.9 Å². The third kappa shape index (κ3) is 5.84. The van der Waals surface area contributed by atoms with E-state index in [-0.39, 0.29) is 0 Å². The number of carbonyl (C=O) groups excluding carboxylic acids is 2. The summed E-state index contributed by atoms with van der Waals surface area (Å²) in [5.74, 6) is -5.02. The van der Waals surface area contributed by atoms with Crippen LogP contribution in [0.4, 0.5) is 0 Å². The van der Waals surface area contributed by atoms with Crippen LogP contribution in [0.3, 0.4) is 0 Å². The summed E-state index contributed by atoms with van der Waals surface area (Å²) in [6.45, 7) is 10.4. The van der Waals surface area contributed by atoms with Crippen molar-refractivity contribution in [2.45, 2.75) is 72.0 Å². The lowest BCUT2D eigenvalue weighted by Crippen LogP contribution is -2.45. The van der Waals surface area contributed by atoms with E-state index in [0.717, 1.165) is 0 Å². The van der Waals surface area contributed by atoms with Crippen LogP contribution in [-0.2, 0) is 23.9 Å². The smallest absolute Gasteiger partial charge is 0.310 e. The van der Waals surface area contributed by atoms with E-state index in [4.69, 9.17) is 9.47 Å². The maximum atomic E-state index is 12.3. The Bertz CT molecular complexity index is 432. The summed E-state index contributed by atoms with van der Waals surface area (Å²) in [6.07, 6.45) is 1.41. The first-order valence-electron chi connectivity index (χ1n) is 8.00. The highest BCUT2D eigenvalue weighted by molar-refractivity contribution is 5.87. The predicted molar refractivity (Wildman–Crippen MR) is 83.6 cm³/mol. The van der Waals surface area contributed by atoms with Gasteiger partial charge >= 0.3 is 17.9 Å². The Morgan fingerprint density at radius 1 is 0.826 bits per heavy atom. The molecule has 0 aromatic heterocycles. The fourth-order valence-corrected chi connectivity index (χ4v) is 2.83. The van der Waals surface area contributed by atoms with Crippen molar-refractivity contribution in [3.05, 3.63) is 0 Å². The highest BCUT2D eigenvalue weighted by atomic mass is 16.6. The molecule has 1 rings (SSSR count). The average Bonchev–Trinajstić information content (AvgIpc) is 2.33. The van der Waals surface area contributed by atoms with Crippen molar-refractivity contribution in [2.75, 3.05) is 0 Å². The summed E-state index contributed by atoms with van der Waals surface area (Å²) in [5.41, 5.74) is -1.39. The molecule has 0 saturated heterocycles. The van der Waals surface area contributed by atoms with Gasteiger partial charge in [-0.3, -0.25) is 14.4 Å². The van der Waals surface area contributed by atoms with Crippen molar-refractivity contribution in [1.82, 2.24) is 0 Å². The van der Waals surface area contributed by atoms with Gasteiger partial charge in [0.25, 0.3) is 0 Å². The second kappa shape index (κ2) is 6.89. The first-order chi connectivity index (χ1) is 10.3. The normalized spacial score (nSPS) is 25.6. The largest absolute Gasteiger partial charge is 0.481 e. The van der Waals surface area contributed by atoms with Crippen LogP contribution in [0.25, 0.3) is 0 Å². The van der Waals surface area contributed by atoms with E-state index in [1.54, 1.807) is 41.5 Å². The molecule has 6 nitrogen and oxygen atoms in total. The molecule has 1 fully saturated rings. The summed E-state index contributed by atoms with van der Waals surface area (Å²) in [6, 6.07) is 0. The molecule has 0 bridgehead atoms. The van der Waals surface area contributed by atoms with Gasteiger partial charge in [-0.15, -0.1) is 0 Å². The molecule has 0 amide bonds. The van der Waals surface area contributed by atoms with Gasteiger partial charge < -0.3 is 14.6 Å². The SMILES string of the molecule is CC(C)(C)OC(=O)C1CCCC(C(=O)OC(C)(C)C)C1C(=O)O. The van der Waals surface area contributed by atoms with Crippen molar-refractivity contribution in [2.24, 2.45) is 17.8 Å². The topological polar surface area (TPSA) is 89.9 Å².